The first kappa shape index (κ1) is 12.5. The highest BCUT2D eigenvalue weighted by Crippen LogP contribution is 2.18. The molecule has 0 saturated heterocycles. The topological polar surface area (TPSA) is 66.8 Å². The highest BCUT2D eigenvalue weighted by Gasteiger charge is 2.35. The fourth-order valence-electron chi connectivity index (χ4n) is 1.55. The number of aliphatic hydroxyl groups excluding tert-OH is 1. The largest absolute Gasteiger partial charge is 0.509 e. The first-order valence-corrected chi connectivity index (χ1v) is 5.50. The molecule has 1 rings (SSSR count). The van der Waals surface area contributed by atoms with E-state index in [4.69, 9.17) is 4.74 Å². The molecule has 16 heavy (non-hydrogen) atoms. The van der Waals surface area contributed by atoms with Crippen LogP contribution < -0.4 is 0 Å². The quantitative estimate of drug-likeness (QED) is 0.562. The number of unbranched alkanes of at least 4 members (excludes halogenated alkanes) is 1. The van der Waals surface area contributed by atoms with Crippen LogP contribution in [0.2, 0.25) is 0 Å². The Morgan fingerprint density at radius 2 is 2.19 bits per heavy atom. The van der Waals surface area contributed by atoms with Crippen molar-refractivity contribution in [2.24, 2.45) is 0 Å². The van der Waals surface area contributed by atoms with Gasteiger partial charge in [-0.15, -0.1) is 0 Å². The molecule has 0 aromatic heterocycles. The zero-order chi connectivity index (χ0) is 12.1. The van der Waals surface area contributed by atoms with Gasteiger partial charge < -0.3 is 14.7 Å². The van der Waals surface area contributed by atoms with E-state index in [9.17, 15) is 14.7 Å². The van der Waals surface area contributed by atoms with Crippen LogP contribution in [0.25, 0.3) is 0 Å². The fourth-order valence-corrected chi connectivity index (χ4v) is 1.55. The van der Waals surface area contributed by atoms with E-state index in [1.54, 1.807) is 6.92 Å². The van der Waals surface area contributed by atoms with Crippen LogP contribution in [0.4, 0.5) is 0 Å². The van der Waals surface area contributed by atoms with Crippen molar-refractivity contribution < 1.29 is 19.4 Å². The van der Waals surface area contributed by atoms with Gasteiger partial charge in [0.1, 0.15) is 5.76 Å². The molecule has 1 aliphatic heterocycles. The Hall–Kier alpha value is -1.52. The van der Waals surface area contributed by atoms with Gasteiger partial charge in [0.15, 0.2) is 5.57 Å². The number of aliphatic hydroxyl groups is 1. The molecule has 0 bridgehead atoms. The Balaban J connectivity index is 2.68. The molecular formula is C11H17NO4. The van der Waals surface area contributed by atoms with Crippen LogP contribution in [-0.4, -0.2) is 41.6 Å². The summed E-state index contributed by atoms with van der Waals surface area (Å²) in [5.41, 5.74) is -0.210. The normalized spacial score (nSPS) is 15.9. The lowest BCUT2D eigenvalue weighted by Gasteiger charge is -2.14. The van der Waals surface area contributed by atoms with Crippen molar-refractivity contribution in [1.82, 2.24) is 4.90 Å². The Morgan fingerprint density at radius 1 is 1.50 bits per heavy atom. The molecule has 0 unspecified atom stereocenters. The first-order valence-electron chi connectivity index (χ1n) is 5.50. The van der Waals surface area contributed by atoms with Crippen molar-refractivity contribution in [3.05, 3.63) is 11.3 Å². The molecule has 1 aliphatic rings. The van der Waals surface area contributed by atoms with Crippen LogP contribution in [0.5, 0.6) is 0 Å². The molecule has 0 saturated carbocycles. The van der Waals surface area contributed by atoms with Crippen molar-refractivity contribution in [3.8, 4) is 0 Å². The lowest BCUT2D eigenvalue weighted by Crippen LogP contribution is -2.30. The number of hydrogen-bond acceptors (Lipinski definition) is 4. The van der Waals surface area contributed by atoms with Crippen LogP contribution in [-0.2, 0) is 14.3 Å². The van der Waals surface area contributed by atoms with Gasteiger partial charge in [-0.3, -0.25) is 4.79 Å². The highest BCUT2D eigenvalue weighted by molar-refractivity contribution is 6.18. The highest BCUT2D eigenvalue weighted by atomic mass is 16.5. The average Bonchev–Trinajstić information content (AvgIpc) is 2.51. The van der Waals surface area contributed by atoms with Gasteiger partial charge in [-0.25, -0.2) is 4.79 Å². The van der Waals surface area contributed by atoms with E-state index in [1.165, 1.54) is 4.90 Å². The Morgan fingerprint density at radius 3 is 2.75 bits per heavy atom. The van der Waals surface area contributed by atoms with E-state index >= 15 is 0 Å². The van der Waals surface area contributed by atoms with Crippen molar-refractivity contribution in [1.29, 1.82) is 0 Å². The van der Waals surface area contributed by atoms with Gasteiger partial charge in [0.25, 0.3) is 5.91 Å². The SMILES string of the molecule is CCCCN1CC(O)=C(C(=O)OCC)C1=O. The summed E-state index contributed by atoms with van der Waals surface area (Å²) in [6, 6.07) is 0. The Labute approximate surface area is 94.7 Å². The van der Waals surface area contributed by atoms with E-state index in [-0.39, 0.29) is 24.5 Å². The maximum atomic E-state index is 11.7. The molecule has 0 aliphatic carbocycles. The summed E-state index contributed by atoms with van der Waals surface area (Å²) in [6.45, 7) is 4.54. The molecular weight excluding hydrogens is 210 g/mol. The third-order valence-corrected chi connectivity index (χ3v) is 2.39. The Kier molecular flexibility index (Phi) is 4.34. The zero-order valence-corrected chi connectivity index (χ0v) is 9.65. The molecule has 0 radical (unpaired) electrons. The molecule has 0 aromatic rings. The summed E-state index contributed by atoms with van der Waals surface area (Å²) in [5, 5.41) is 9.54. The maximum Gasteiger partial charge on any atom is 0.347 e. The number of hydrogen-bond donors (Lipinski definition) is 1. The number of nitrogens with zero attached hydrogens (tertiary/aromatic N) is 1. The van der Waals surface area contributed by atoms with Gasteiger partial charge >= 0.3 is 5.97 Å². The van der Waals surface area contributed by atoms with Gasteiger partial charge in [0.2, 0.25) is 0 Å². The lowest BCUT2D eigenvalue weighted by molar-refractivity contribution is -0.141. The number of carbonyl (C=O) groups excluding carboxylic acids is 2. The first-order chi connectivity index (χ1) is 7.61. The minimum atomic E-state index is -0.732. The monoisotopic (exact) mass is 227 g/mol. The van der Waals surface area contributed by atoms with Gasteiger partial charge in [-0.2, -0.15) is 0 Å². The molecule has 1 heterocycles. The van der Waals surface area contributed by atoms with E-state index in [1.807, 2.05) is 6.92 Å². The molecule has 1 amide bonds. The second kappa shape index (κ2) is 5.53. The predicted molar refractivity (Wildman–Crippen MR) is 57.8 cm³/mol. The van der Waals surface area contributed by atoms with Gasteiger partial charge in [0.05, 0.1) is 13.2 Å². The molecule has 90 valence electrons. The van der Waals surface area contributed by atoms with Crippen LogP contribution in [0.15, 0.2) is 11.3 Å². The summed E-state index contributed by atoms with van der Waals surface area (Å²) in [6.07, 6.45) is 1.81. The van der Waals surface area contributed by atoms with Crippen LogP contribution in [0, 0.1) is 0 Å². The predicted octanol–water partition coefficient (Wildman–Crippen LogP) is 1.00. The van der Waals surface area contributed by atoms with Crippen LogP contribution in [0.3, 0.4) is 0 Å². The molecule has 1 N–H and O–H groups in total. The van der Waals surface area contributed by atoms with Gasteiger partial charge in [-0.05, 0) is 13.3 Å². The summed E-state index contributed by atoms with van der Waals surface area (Å²) >= 11 is 0. The zero-order valence-electron chi connectivity index (χ0n) is 9.65. The third kappa shape index (κ3) is 2.53. The van der Waals surface area contributed by atoms with E-state index in [2.05, 4.69) is 0 Å². The van der Waals surface area contributed by atoms with Crippen LogP contribution in [0.1, 0.15) is 26.7 Å². The average molecular weight is 227 g/mol. The number of rotatable bonds is 5. The standard InChI is InChI=1S/C11H17NO4/c1-3-5-6-12-7-8(13)9(10(12)14)11(15)16-4-2/h13H,3-7H2,1-2H3. The summed E-state index contributed by atoms with van der Waals surface area (Å²) in [5.74, 6) is -1.34. The fraction of sp³-hybridized carbons (Fsp3) is 0.636. The van der Waals surface area contributed by atoms with Crippen molar-refractivity contribution in [3.63, 3.8) is 0 Å². The lowest BCUT2D eigenvalue weighted by atomic mass is 10.2. The van der Waals surface area contributed by atoms with Gasteiger partial charge in [-0.1, -0.05) is 13.3 Å². The van der Waals surface area contributed by atoms with Crippen molar-refractivity contribution in [2.45, 2.75) is 26.7 Å². The number of ether oxygens (including phenoxy) is 1. The van der Waals surface area contributed by atoms with Crippen LogP contribution >= 0.6 is 0 Å². The molecule has 0 spiro atoms. The minimum Gasteiger partial charge on any atom is -0.509 e. The third-order valence-electron chi connectivity index (χ3n) is 2.39. The minimum absolute atomic E-state index is 0.118. The summed E-state index contributed by atoms with van der Waals surface area (Å²) in [7, 11) is 0. The number of amides is 1. The Bertz CT molecular complexity index is 322. The summed E-state index contributed by atoms with van der Waals surface area (Å²) < 4.78 is 4.72. The van der Waals surface area contributed by atoms with E-state index in [0.29, 0.717) is 6.54 Å². The molecule has 0 fully saturated rings. The second-order valence-electron chi connectivity index (χ2n) is 3.62. The molecule has 5 heteroatoms. The molecule has 0 atom stereocenters. The van der Waals surface area contributed by atoms with Crippen molar-refractivity contribution >= 4 is 11.9 Å². The van der Waals surface area contributed by atoms with E-state index < -0.39 is 11.9 Å². The molecule has 0 aromatic carbocycles. The van der Waals surface area contributed by atoms with Crippen molar-refractivity contribution in [2.75, 3.05) is 19.7 Å². The second-order valence-corrected chi connectivity index (χ2v) is 3.62. The summed E-state index contributed by atoms with van der Waals surface area (Å²) in [4.78, 5) is 24.6. The number of esters is 1. The van der Waals surface area contributed by atoms with E-state index in [0.717, 1.165) is 12.8 Å². The maximum absolute atomic E-state index is 11.7. The smallest absolute Gasteiger partial charge is 0.347 e. The number of carbonyl (C=O) groups is 2. The molecule has 5 nitrogen and oxygen atoms in total. The van der Waals surface area contributed by atoms with Gasteiger partial charge in [0, 0.05) is 6.54 Å².